The fraction of sp³-hybridized carbons (Fsp3) is 0.500. The number of likely N-dealkylation sites (N-methyl/N-ethyl adjacent to an activating group) is 1. The molecule has 0 saturated carbocycles. The third-order valence-electron chi connectivity index (χ3n) is 5.24. The molecule has 6 heteroatoms. The van der Waals surface area contributed by atoms with Crippen LogP contribution in [0.4, 0.5) is 0 Å². The van der Waals surface area contributed by atoms with Gasteiger partial charge in [-0.25, -0.2) is 0 Å². The molecule has 2 fully saturated rings. The molecule has 0 unspecified atom stereocenters. The van der Waals surface area contributed by atoms with Crippen LogP contribution >= 0.6 is 0 Å². The van der Waals surface area contributed by atoms with E-state index in [1.54, 1.807) is 0 Å². The van der Waals surface area contributed by atoms with Crippen LogP contribution in [0.25, 0.3) is 11.5 Å². The lowest BCUT2D eigenvalue weighted by Gasteiger charge is -2.34. The maximum atomic E-state index is 12.2. The molecule has 1 aromatic carbocycles. The average Bonchev–Trinajstić information content (AvgIpc) is 3.15. The summed E-state index contributed by atoms with van der Waals surface area (Å²) in [6, 6.07) is 8.28. The van der Waals surface area contributed by atoms with Gasteiger partial charge in [-0.05, 0) is 37.9 Å². The van der Waals surface area contributed by atoms with Crippen LogP contribution in [0.5, 0.6) is 0 Å². The molecule has 2 aliphatic rings. The van der Waals surface area contributed by atoms with Gasteiger partial charge in [0.05, 0.1) is 12.5 Å². The number of nitrogens with zero attached hydrogens (tertiary/aromatic N) is 4. The van der Waals surface area contributed by atoms with Gasteiger partial charge in [-0.3, -0.25) is 9.69 Å². The van der Waals surface area contributed by atoms with E-state index in [0.29, 0.717) is 18.3 Å². The molecule has 2 aliphatic heterocycles. The summed E-state index contributed by atoms with van der Waals surface area (Å²) < 4.78 is 5.46. The number of amides is 1. The van der Waals surface area contributed by atoms with Crippen LogP contribution in [0, 0.1) is 12.8 Å². The maximum absolute atomic E-state index is 12.2. The minimum Gasteiger partial charge on any atom is -0.344 e. The summed E-state index contributed by atoms with van der Waals surface area (Å²) in [5.41, 5.74) is 2.09. The van der Waals surface area contributed by atoms with Crippen molar-refractivity contribution in [2.45, 2.75) is 32.4 Å². The second-order valence-corrected chi connectivity index (χ2v) is 6.84. The third-order valence-corrected chi connectivity index (χ3v) is 5.24. The number of carbonyl (C=O) groups excluding carboxylic acids is 1. The van der Waals surface area contributed by atoms with Gasteiger partial charge in [0.1, 0.15) is 0 Å². The lowest BCUT2D eigenvalue weighted by molar-refractivity contribution is -0.130. The standard InChI is InChI=1S/C18H22N4O2/c1-12-6-3-4-7-13(12)17-19-16(20-24-17)11-22-9-5-8-14-15(22)10-21(2)18(14)23/h3-4,6-7,14-15H,5,8-11H2,1-2H3/t14-,15-/m1/s1. The number of rotatable bonds is 3. The molecular formula is C18H22N4O2. The fourth-order valence-corrected chi connectivity index (χ4v) is 3.93. The van der Waals surface area contributed by atoms with Crippen molar-refractivity contribution in [1.82, 2.24) is 19.9 Å². The van der Waals surface area contributed by atoms with E-state index in [-0.39, 0.29) is 17.9 Å². The van der Waals surface area contributed by atoms with Crippen molar-refractivity contribution in [1.29, 1.82) is 0 Å². The van der Waals surface area contributed by atoms with Crippen molar-refractivity contribution >= 4 is 5.91 Å². The second kappa shape index (κ2) is 6.02. The van der Waals surface area contributed by atoms with Gasteiger partial charge < -0.3 is 9.42 Å². The maximum Gasteiger partial charge on any atom is 0.258 e. The number of aromatic nitrogens is 2. The summed E-state index contributed by atoms with van der Waals surface area (Å²) >= 11 is 0. The molecule has 0 N–H and O–H groups in total. The zero-order valence-electron chi connectivity index (χ0n) is 14.1. The van der Waals surface area contributed by atoms with E-state index in [1.165, 1.54) is 0 Å². The minimum absolute atomic E-state index is 0.131. The molecular weight excluding hydrogens is 304 g/mol. The Kier molecular flexibility index (Phi) is 3.84. The van der Waals surface area contributed by atoms with Crippen LogP contribution in [0.2, 0.25) is 0 Å². The van der Waals surface area contributed by atoms with E-state index >= 15 is 0 Å². The van der Waals surface area contributed by atoms with E-state index in [2.05, 4.69) is 15.0 Å². The van der Waals surface area contributed by atoms with Crippen molar-refractivity contribution in [2.75, 3.05) is 20.1 Å². The summed E-state index contributed by atoms with van der Waals surface area (Å²) in [6.45, 7) is 4.45. The molecule has 126 valence electrons. The van der Waals surface area contributed by atoms with Gasteiger partial charge >= 0.3 is 0 Å². The Hall–Kier alpha value is -2.21. The quantitative estimate of drug-likeness (QED) is 0.864. The molecule has 2 aromatic rings. The Morgan fingerprint density at radius 3 is 3.00 bits per heavy atom. The molecule has 2 saturated heterocycles. The van der Waals surface area contributed by atoms with Crippen LogP contribution < -0.4 is 0 Å². The molecule has 1 amide bonds. The van der Waals surface area contributed by atoms with E-state index in [9.17, 15) is 4.79 Å². The van der Waals surface area contributed by atoms with Crippen LogP contribution in [0.15, 0.2) is 28.8 Å². The Morgan fingerprint density at radius 1 is 1.33 bits per heavy atom. The topological polar surface area (TPSA) is 62.5 Å². The predicted molar refractivity (Wildman–Crippen MR) is 89.0 cm³/mol. The van der Waals surface area contributed by atoms with Crippen molar-refractivity contribution in [3.8, 4) is 11.5 Å². The van der Waals surface area contributed by atoms with E-state index < -0.39 is 0 Å². The van der Waals surface area contributed by atoms with Crippen LogP contribution in [0.3, 0.4) is 0 Å². The number of likely N-dealkylation sites (tertiary alicyclic amines) is 2. The average molecular weight is 326 g/mol. The second-order valence-electron chi connectivity index (χ2n) is 6.84. The monoisotopic (exact) mass is 326 g/mol. The highest BCUT2D eigenvalue weighted by molar-refractivity contribution is 5.82. The highest BCUT2D eigenvalue weighted by Crippen LogP contribution is 2.32. The lowest BCUT2D eigenvalue weighted by atomic mass is 9.91. The molecule has 0 spiro atoms. The summed E-state index contributed by atoms with van der Waals surface area (Å²) in [5.74, 6) is 1.66. The Labute approximate surface area is 141 Å². The summed E-state index contributed by atoms with van der Waals surface area (Å²) in [4.78, 5) is 21.0. The number of carbonyl (C=O) groups is 1. The largest absolute Gasteiger partial charge is 0.344 e. The van der Waals surface area contributed by atoms with Crippen molar-refractivity contribution in [2.24, 2.45) is 5.92 Å². The summed E-state index contributed by atoms with van der Waals surface area (Å²) in [6.07, 6.45) is 2.04. The van der Waals surface area contributed by atoms with E-state index in [1.807, 2.05) is 43.1 Å². The molecule has 1 aromatic heterocycles. The van der Waals surface area contributed by atoms with Gasteiger partial charge in [0.15, 0.2) is 5.82 Å². The summed E-state index contributed by atoms with van der Waals surface area (Å²) in [7, 11) is 1.89. The first kappa shape index (κ1) is 15.3. The van der Waals surface area contributed by atoms with Crippen molar-refractivity contribution < 1.29 is 9.32 Å². The Balaban J connectivity index is 1.52. The van der Waals surface area contributed by atoms with Gasteiger partial charge in [0.2, 0.25) is 5.91 Å². The van der Waals surface area contributed by atoms with Crippen LogP contribution in [0.1, 0.15) is 24.2 Å². The lowest BCUT2D eigenvalue weighted by Crippen LogP contribution is -2.45. The third kappa shape index (κ3) is 2.60. The zero-order valence-corrected chi connectivity index (χ0v) is 14.1. The first-order valence-electron chi connectivity index (χ1n) is 8.51. The Morgan fingerprint density at radius 2 is 2.17 bits per heavy atom. The molecule has 0 bridgehead atoms. The van der Waals surface area contributed by atoms with Crippen LogP contribution in [-0.4, -0.2) is 52.0 Å². The van der Waals surface area contributed by atoms with E-state index in [4.69, 9.17) is 4.52 Å². The molecule has 24 heavy (non-hydrogen) atoms. The minimum atomic E-state index is 0.131. The fourth-order valence-electron chi connectivity index (χ4n) is 3.93. The first-order chi connectivity index (χ1) is 11.6. The number of benzene rings is 1. The molecule has 6 nitrogen and oxygen atoms in total. The normalized spacial score (nSPS) is 24.4. The van der Waals surface area contributed by atoms with Gasteiger partial charge in [0.25, 0.3) is 5.89 Å². The number of piperidine rings is 1. The van der Waals surface area contributed by atoms with Crippen LogP contribution in [-0.2, 0) is 11.3 Å². The predicted octanol–water partition coefficient (Wildman–Crippen LogP) is 2.10. The highest BCUT2D eigenvalue weighted by Gasteiger charge is 2.43. The molecule has 4 rings (SSSR count). The number of hydrogen-bond donors (Lipinski definition) is 0. The number of aryl methyl sites for hydroxylation is 1. The smallest absolute Gasteiger partial charge is 0.258 e. The molecule has 2 atom stereocenters. The Bertz CT molecular complexity index is 757. The van der Waals surface area contributed by atoms with Gasteiger partial charge in [-0.2, -0.15) is 4.98 Å². The molecule has 0 radical (unpaired) electrons. The zero-order chi connectivity index (χ0) is 16.7. The number of fused-ring (bicyclic) bond motifs is 1. The SMILES string of the molecule is Cc1ccccc1-c1nc(CN2CCC[C@H]3C(=O)N(C)C[C@H]32)no1. The molecule has 0 aliphatic carbocycles. The highest BCUT2D eigenvalue weighted by atomic mass is 16.5. The van der Waals surface area contributed by atoms with E-state index in [0.717, 1.165) is 37.1 Å². The van der Waals surface area contributed by atoms with Crippen molar-refractivity contribution in [3.05, 3.63) is 35.7 Å². The van der Waals surface area contributed by atoms with Gasteiger partial charge in [-0.15, -0.1) is 0 Å². The first-order valence-corrected chi connectivity index (χ1v) is 8.51. The summed E-state index contributed by atoms with van der Waals surface area (Å²) in [5, 5.41) is 4.15. The molecule has 3 heterocycles. The van der Waals surface area contributed by atoms with Gasteiger partial charge in [-0.1, -0.05) is 23.4 Å². The van der Waals surface area contributed by atoms with Crippen molar-refractivity contribution in [3.63, 3.8) is 0 Å². The number of hydrogen-bond acceptors (Lipinski definition) is 5. The van der Waals surface area contributed by atoms with Gasteiger partial charge in [0, 0.05) is 25.2 Å².